The molecule has 0 saturated carbocycles. The lowest BCUT2D eigenvalue weighted by Crippen LogP contribution is -2.21. The van der Waals surface area contributed by atoms with Gasteiger partial charge in [-0.25, -0.2) is 13.2 Å². The van der Waals surface area contributed by atoms with Gasteiger partial charge >= 0.3 is 0 Å². The van der Waals surface area contributed by atoms with Crippen LogP contribution in [-0.2, 0) is 4.79 Å². The molecule has 0 atom stereocenters. The third-order valence-corrected chi connectivity index (χ3v) is 3.07. The summed E-state index contributed by atoms with van der Waals surface area (Å²) in [6.45, 7) is 1.51. The number of carbonyl (C=O) groups excluding carboxylic acids is 2. The molecule has 0 unspecified atom stereocenters. The molecule has 132 valence electrons. The van der Waals surface area contributed by atoms with Crippen LogP contribution < -0.4 is 14.8 Å². The Bertz CT molecular complexity index is 796. The normalized spacial score (nSPS) is 10.2. The molecule has 0 aromatic heterocycles. The molecule has 0 fully saturated rings. The maximum absolute atomic E-state index is 13.5. The maximum atomic E-state index is 13.5. The van der Waals surface area contributed by atoms with E-state index >= 15 is 0 Å². The highest BCUT2D eigenvalue weighted by Crippen LogP contribution is 2.28. The van der Waals surface area contributed by atoms with Crippen LogP contribution in [0.1, 0.15) is 17.3 Å². The smallest absolute Gasteiger partial charge is 0.262 e. The second-order valence-corrected chi connectivity index (χ2v) is 4.82. The number of ether oxygens (including phenoxy) is 2. The van der Waals surface area contributed by atoms with Gasteiger partial charge in [0.1, 0.15) is 6.29 Å². The first-order chi connectivity index (χ1) is 12.0. The monoisotopic (exact) mass is 353 g/mol. The Morgan fingerprint density at radius 2 is 1.84 bits per heavy atom. The van der Waals surface area contributed by atoms with Crippen molar-refractivity contribution in [1.29, 1.82) is 0 Å². The molecule has 0 aliphatic carbocycles. The predicted molar refractivity (Wildman–Crippen MR) is 83.4 cm³/mol. The quantitative estimate of drug-likeness (QED) is 0.613. The molecule has 0 bridgehead atoms. The van der Waals surface area contributed by atoms with Crippen molar-refractivity contribution >= 4 is 17.9 Å². The van der Waals surface area contributed by atoms with E-state index in [1.165, 1.54) is 18.2 Å². The number of benzene rings is 2. The van der Waals surface area contributed by atoms with Crippen LogP contribution in [0.2, 0.25) is 0 Å². The number of amides is 1. The minimum atomic E-state index is -1.68. The number of rotatable bonds is 7. The van der Waals surface area contributed by atoms with Crippen molar-refractivity contribution in [1.82, 2.24) is 0 Å². The van der Waals surface area contributed by atoms with Gasteiger partial charge < -0.3 is 14.8 Å². The third-order valence-electron chi connectivity index (χ3n) is 3.07. The van der Waals surface area contributed by atoms with Crippen molar-refractivity contribution < 1.29 is 32.2 Å². The summed E-state index contributed by atoms with van der Waals surface area (Å²) in [7, 11) is 0. The van der Waals surface area contributed by atoms with E-state index in [-0.39, 0.29) is 11.5 Å². The summed E-state index contributed by atoms with van der Waals surface area (Å²) in [6.07, 6.45) is 0.630. The van der Waals surface area contributed by atoms with E-state index in [1.807, 2.05) is 0 Å². The van der Waals surface area contributed by atoms with Gasteiger partial charge in [0.15, 0.2) is 35.6 Å². The number of hydrogen-bond acceptors (Lipinski definition) is 4. The number of halogens is 3. The molecule has 0 saturated heterocycles. The molecule has 0 aliphatic rings. The van der Waals surface area contributed by atoms with Crippen LogP contribution in [0.5, 0.6) is 11.5 Å². The summed E-state index contributed by atoms with van der Waals surface area (Å²) < 4.78 is 50.1. The summed E-state index contributed by atoms with van der Waals surface area (Å²) in [5.41, 5.74) is -0.141. The summed E-state index contributed by atoms with van der Waals surface area (Å²) in [5.74, 6) is -4.86. The average molecular weight is 353 g/mol. The van der Waals surface area contributed by atoms with Crippen LogP contribution in [0.15, 0.2) is 30.3 Å². The predicted octanol–water partition coefficient (Wildman–Crippen LogP) is 3.33. The molecule has 0 aliphatic heterocycles. The summed E-state index contributed by atoms with van der Waals surface area (Å²) in [5, 5.41) is 2.08. The molecular formula is C17H14F3NO4. The highest BCUT2D eigenvalue weighted by Gasteiger charge is 2.16. The minimum absolute atomic E-state index is 0.202. The standard InChI is InChI=1S/C17H14F3NO4/c1-2-24-14-7-10(8-22)3-6-13(14)25-9-15(23)21-12-5-4-11(18)16(19)17(12)20/h3-8H,2,9H2,1H3,(H,21,23). The van der Waals surface area contributed by atoms with Gasteiger partial charge in [-0.15, -0.1) is 0 Å². The van der Waals surface area contributed by atoms with Crippen LogP contribution in [0.3, 0.4) is 0 Å². The zero-order valence-corrected chi connectivity index (χ0v) is 13.1. The molecule has 1 N–H and O–H groups in total. The summed E-state index contributed by atoms with van der Waals surface area (Å²) in [6, 6.07) is 5.95. The first-order valence-corrected chi connectivity index (χ1v) is 7.24. The van der Waals surface area contributed by atoms with Crippen molar-refractivity contribution in [2.24, 2.45) is 0 Å². The Morgan fingerprint density at radius 3 is 2.52 bits per heavy atom. The molecule has 2 rings (SSSR count). The van der Waals surface area contributed by atoms with E-state index in [2.05, 4.69) is 5.32 Å². The number of hydrogen-bond donors (Lipinski definition) is 1. The minimum Gasteiger partial charge on any atom is -0.490 e. The lowest BCUT2D eigenvalue weighted by atomic mass is 10.2. The van der Waals surface area contributed by atoms with Gasteiger partial charge in [-0.3, -0.25) is 9.59 Å². The second kappa shape index (κ2) is 8.18. The van der Waals surface area contributed by atoms with Gasteiger partial charge in [0.05, 0.1) is 12.3 Å². The van der Waals surface area contributed by atoms with E-state index in [1.54, 1.807) is 6.92 Å². The van der Waals surface area contributed by atoms with Crippen molar-refractivity contribution in [3.63, 3.8) is 0 Å². The number of anilines is 1. The van der Waals surface area contributed by atoms with Crippen molar-refractivity contribution in [3.8, 4) is 11.5 Å². The maximum Gasteiger partial charge on any atom is 0.262 e. The largest absolute Gasteiger partial charge is 0.490 e. The zero-order chi connectivity index (χ0) is 18.4. The van der Waals surface area contributed by atoms with Gasteiger partial charge in [-0.2, -0.15) is 0 Å². The van der Waals surface area contributed by atoms with Gasteiger partial charge in [0, 0.05) is 5.56 Å². The van der Waals surface area contributed by atoms with Crippen LogP contribution in [-0.4, -0.2) is 25.4 Å². The molecule has 2 aromatic carbocycles. The van der Waals surface area contributed by atoms with Crippen molar-refractivity contribution in [3.05, 3.63) is 53.3 Å². The Morgan fingerprint density at radius 1 is 1.08 bits per heavy atom. The highest BCUT2D eigenvalue weighted by atomic mass is 19.2. The topological polar surface area (TPSA) is 64.6 Å². The number of carbonyl (C=O) groups is 2. The Kier molecular flexibility index (Phi) is 5.99. The van der Waals surface area contributed by atoms with Crippen LogP contribution >= 0.6 is 0 Å². The van der Waals surface area contributed by atoms with Crippen molar-refractivity contribution in [2.75, 3.05) is 18.5 Å². The molecule has 1 amide bonds. The molecule has 0 radical (unpaired) electrons. The first-order valence-electron chi connectivity index (χ1n) is 7.24. The Balaban J connectivity index is 2.05. The summed E-state index contributed by atoms with van der Waals surface area (Å²) in [4.78, 5) is 22.6. The van der Waals surface area contributed by atoms with Crippen LogP contribution in [0.4, 0.5) is 18.9 Å². The number of nitrogens with one attached hydrogen (secondary N) is 1. The van der Waals surface area contributed by atoms with Crippen molar-refractivity contribution in [2.45, 2.75) is 6.92 Å². The van der Waals surface area contributed by atoms with E-state index < -0.39 is 35.7 Å². The van der Waals surface area contributed by atoms with E-state index in [0.29, 0.717) is 24.5 Å². The third kappa shape index (κ3) is 4.50. The lowest BCUT2D eigenvalue weighted by molar-refractivity contribution is -0.118. The summed E-state index contributed by atoms with van der Waals surface area (Å²) >= 11 is 0. The Hall–Kier alpha value is -3.03. The van der Waals surface area contributed by atoms with Gasteiger partial charge in [-0.05, 0) is 37.3 Å². The van der Waals surface area contributed by atoms with Crippen LogP contribution in [0.25, 0.3) is 0 Å². The molecule has 25 heavy (non-hydrogen) atoms. The fourth-order valence-corrected chi connectivity index (χ4v) is 1.94. The molecule has 8 heteroatoms. The SMILES string of the molecule is CCOc1cc(C=O)ccc1OCC(=O)Nc1ccc(F)c(F)c1F. The zero-order valence-electron chi connectivity index (χ0n) is 13.1. The second-order valence-electron chi connectivity index (χ2n) is 4.82. The van der Waals surface area contributed by atoms with E-state index in [0.717, 1.165) is 6.07 Å². The van der Waals surface area contributed by atoms with E-state index in [9.17, 15) is 22.8 Å². The van der Waals surface area contributed by atoms with Gasteiger partial charge in [0.2, 0.25) is 0 Å². The number of aldehydes is 1. The Labute approximate surface area is 141 Å². The van der Waals surface area contributed by atoms with Gasteiger partial charge in [0.25, 0.3) is 5.91 Å². The fraction of sp³-hybridized carbons (Fsp3) is 0.176. The fourth-order valence-electron chi connectivity index (χ4n) is 1.94. The average Bonchev–Trinajstić information content (AvgIpc) is 2.61. The highest BCUT2D eigenvalue weighted by molar-refractivity contribution is 5.92. The lowest BCUT2D eigenvalue weighted by Gasteiger charge is -2.12. The molecule has 5 nitrogen and oxygen atoms in total. The van der Waals surface area contributed by atoms with Gasteiger partial charge in [-0.1, -0.05) is 0 Å². The van der Waals surface area contributed by atoms with E-state index in [4.69, 9.17) is 9.47 Å². The van der Waals surface area contributed by atoms with Crippen LogP contribution in [0, 0.1) is 17.5 Å². The molecule has 0 spiro atoms. The molecule has 2 aromatic rings. The molecular weight excluding hydrogens is 339 g/mol. The molecule has 0 heterocycles. The first kappa shape index (κ1) is 18.3.